The number of amides is 1. The van der Waals surface area contributed by atoms with E-state index in [1.165, 1.54) is 17.4 Å². The van der Waals surface area contributed by atoms with Crippen molar-refractivity contribution in [3.63, 3.8) is 0 Å². The number of benzene rings is 1. The lowest BCUT2D eigenvalue weighted by molar-refractivity contribution is 0.270. The van der Waals surface area contributed by atoms with Crippen LogP contribution >= 0.6 is 24.4 Å². The van der Waals surface area contributed by atoms with Gasteiger partial charge in [0.2, 0.25) is 0 Å². The monoisotopic (exact) mass is 339 g/mol. The summed E-state index contributed by atoms with van der Waals surface area (Å²) in [6.45, 7) is 6.37. The number of rotatable bonds is 5. The Morgan fingerprint density at radius 1 is 1.27 bits per heavy atom. The van der Waals surface area contributed by atoms with Gasteiger partial charge in [-0.1, -0.05) is 18.7 Å². The van der Waals surface area contributed by atoms with Crippen molar-refractivity contribution in [2.75, 3.05) is 49.2 Å². The van der Waals surface area contributed by atoms with Gasteiger partial charge in [0.25, 0.3) is 5.24 Å². The molecule has 0 bridgehead atoms. The van der Waals surface area contributed by atoms with Crippen LogP contribution in [0.4, 0.5) is 16.2 Å². The average Bonchev–Trinajstić information content (AvgIpc) is 2.54. The summed E-state index contributed by atoms with van der Waals surface area (Å²) in [7, 11) is 2.15. The Morgan fingerprint density at radius 2 is 1.91 bits per heavy atom. The van der Waals surface area contributed by atoms with Crippen molar-refractivity contribution < 1.29 is 4.79 Å². The molecule has 1 atom stereocenters. The molecule has 22 heavy (non-hydrogen) atoms. The van der Waals surface area contributed by atoms with E-state index in [1.807, 2.05) is 12.1 Å². The third-order valence-corrected chi connectivity index (χ3v) is 5.59. The van der Waals surface area contributed by atoms with Crippen molar-refractivity contribution in [1.82, 2.24) is 4.90 Å². The van der Waals surface area contributed by atoms with E-state index in [2.05, 4.69) is 53.8 Å². The summed E-state index contributed by atoms with van der Waals surface area (Å²) in [5.74, 6) is 0.741. The maximum Gasteiger partial charge on any atom is 0.283 e. The maximum absolute atomic E-state index is 11.9. The van der Waals surface area contributed by atoms with E-state index in [-0.39, 0.29) is 10.5 Å². The van der Waals surface area contributed by atoms with Gasteiger partial charge in [0.15, 0.2) is 0 Å². The Bertz CT molecular complexity index is 473. The topological polar surface area (TPSA) is 35.6 Å². The zero-order chi connectivity index (χ0) is 15.9. The first-order valence-corrected chi connectivity index (χ1v) is 9.24. The Hall–Kier alpha value is -0.850. The molecule has 0 saturated carbocycles. The fourth-order valence-electron chi connectivity index (χ4n) is 2.26. The number of anilines is 2. The normalized spacial score (nSPS) is 17.3. The van der Waals surface area contributed by atoms with Crippen LogP contribution in [-0.4, -0.2) is 54.4 Å². The molecule has 0 spiro atoms. The highest BCUT2D eigenvalue weighted by Crippen LogP contribution is 2.21. The van der Waals surface area contributed by atoms with Crippen LogP contribution in [0.2, 0.25) is 0 Å². The molecule has 1 heterocycles. The standard InChI is InChI=1S/C16H25N3OS2/c1-3-15(21)12-22-16(20)17-13-4-6-14(7-5-13)19-10-8-18(2)9-11-19/h4-7,15,21H,3,8-12H2,1-2H3,(H,17,20). The Kier molecular flexibility index (Phi) is 6.92. The van der Waals surface area contributed by atoms with E-state index in [0.717, 1.165) is 44.0 Å². The summed E-state index contributed by atoms with van der Waals surface area (Å²) in [5.41, 5.74) is 2.07. The predicted octanol–water partition coefficient (Wildman–Crippen LogP) is 3.41. The molecule has 2 rings (SSSR count). The lowest BCUT2D eigenvalue weighted by atomic mass is 10.2. The molecule has 1 aliphatic heterocycles. The summed E-state index contributed by atoms with van der Waals surface area (Å²) in [5, 5.41) is 3.18. The number of thiol groups is 1. The molecule has 0 aliphatic carbocycles. The maximum atomic E-state index is 11.9. The molecule has 122 valence electrons. The van der Waals surface area contributed by atoms with Crippen LogP contribution < -0.4 is 10.2 Å². The molecule has 1 amide bonds. The lowest BCUT2D eigenvalue weighted by Gasteiger charge is -2.34. The fourth-order valence-corrected chi connectivity index (χ4v) is 3.26. The van der Waals surface area contributed by atoms with Gasteiger partial charge in [-0.05, 0) is 37.7 Å². The van der Waals surface area contributed by atoms with Crippen LogP contribution in [0.1, 0.15) is 13.3 Å². The number of nitrogens with one attached hydrogen (secondary N) is 1. The van der Waals surface area contributed by atoms with Crippen molar-refractivity contribution in [2.45, 2.75) is 18.6 Å². The molecular formula is C16H25N3OS2. The quantitative estimate of drug-likeness (QED) is 0.806. The minimum absolute atomic E-state index is 0.0140. The predicted molar refractivity (Wildman–Crippen MR) is 101 cm³/mol. The van der Waals surface area contributed by atoms with Crippen LogP contribution in [0.15, 0.2) is 24.3 Å². The summed E-state index contributed by atoms with van der Waals surface area (Å²) >= 11 is 5.69. The first-order chi connectivity index (χ1) is 10.6. The molecule has 1 aromatic rings. The van der Waals surface area contributed by atoms with E-state index < -0.39 is 0 Å². The second-order valence-corrected chi connectivity index (χ2v) is 7.35. The van der Waals surface area contributed by atoms with Crippen LogP contribution in [-0.2, 0) is 0 Å². The molecule has 1 saturated heterocycles. The van der Waals surface area contributed by atoms with E-state index in [1.54, 1.807) is 0 Å². The first-order valence-electron chi connectivity index (χ1n) is 7.74. The highest BCUT2D eigenvalue weighted by molar-refractivity contribution is 8.14. The molecule has 1 N–H and O–H groups in total. The second-order valence-electron chi connectivity index (χ2n) is 5.62. The summed E-state index contributed by atoms with van der Waals surface area (Å²) in [6, 6.07) is 8.12. The molecule has 1 aliphatic rings. The van der Waals surface area contributed by atoms with Gasteiger partial charge in [0.1, 0.15) is 0 Å². The van der Waals surface area contributed by atoms with Gasteiger partial charge in [-0.15, -0.1) is 0 Å². The van der Waals surface area contributed by atoms with Gasteiger partial charge >= 0.3 is 0 Å². The van der Waals surface area contributed by atoms with Crippen molar-refractivity contribution in [2.24, 2.45) is 0 Å². The van der Waals surface area contributed by atoms with Crippen molar-refractivity contribution in [3.8, 4) is 0 Å². The third kappa shape index (κ3) is 5.41. The number of piperazine rings is 1. The zero-order valence-corrected chi connectivity index (χ0v) is 15.0. The number of carbonyl (C=O) groups is 1. The highest BCUT2D eigenvalue weighted by Gasteiger charge is 2.14. The zero-order valence-electron chi connectivity index (χ0n) is 13.3. The SMILES string of the molecule is CCC(S)CSC(=O)Nc1ccc(N2CCN(C)CC2)cc1. The summed E-state index contributed by atoms with van der Waals surface area (Å²) in [4.78, 5) is 16.6. The van der Waals surface area contributed by atoms with Crippen LogP contribution in [0.3, 0.4) is 0 Å². The number of thioether (sulfide) groups is 1. The molecule has 4 nitrogen and oxygen atoms in total. The third-order valence-electron chi connectivity index (χ3n) is 3.86. The molecular weight excluding hydrogens is 314 g/mol. The first kappa shape index (κ1) is 17.5. The fraction of sp³-hybridized carbons (Fsp3) is 0.562. The molecule has 6 heteroatoms. The van der Waals surface area contributed by atoms with Crippen molar-refractivity contribution in [3.05, 3.63) is 24.3 Å². The molecule has 1 fully saturated rings. The number of hydrogen-bond acceptors (Lipinski definition) is 5. The lowest BCUT2D eigenvalue weighted by Crippen LogP contribution is -2.44. The number of nitrogens with zero attached hydrogens (tertiary/aromatic N) is 2. The van der Waals surface area contributed by atoms with Crippen LogP contribution in [0.25, 0.3) is 0 Å². The number of hydrogen-bond donors (Lipinski definition) is 2. The van der Waals surface area contributed by atoms with Gasteiger partial charge in [0, 0.05) is 48.6 Å². The van der Waals surface area contributed by atoms with E-state index >= 15 is 0 Å². The van der Waals surface area contributed by atoms with E-state index in [0.29, 0.717) is 0 Å². The van der Waals surface area contributed by atoms with Gasteiger partial charge in [-0.2, -0.15) is 12.6 Å². The minimum atomic E-state index is -0.0140. The van der Waals surface area contributed by atoms with Gasteiger partial charge in [0.05, 0.1) is 0 Å². The van der Waals surface area contributed by atoms with Gasteiger partial charge < -0.3 is 15.1 Å². The molecule has 0 aromatic heterocycles. The minimum Gasteiger partial charge on any atom is -0.369 e. The van der Waals surface area contributed by atoms with Crippen LogP contribution in [0, 0.1) is 0 Å². The van der Waals surface area contributed by atoms with Gasteiger partial charge in [-0.25, -0.2) is 0 Å². The van der Waals surface area contributed by atoms with Crippen molar-refractivity contribution >= 4 is 41.0 Å². The van der Waals surface area contributed by atoms with E-state index in [4.69, 9.17) is 0 Å². The average molecular weight is 340 g/mol. The second kappa shape index (κ2) is 8.70. The van der Waals surface area contributed by atoms with Crippen molar-refractivity contribution in [1.29, 1.82) is 0 Å². The summed E-state index contributed by atoms with van der Waals surface area (Å²) < 4.78 is 0. The Labute approximate surface area is 143 Å². The Balaban J connectivity index is 1.82. The van der Waals surface area contributed by atoms with E-state index in [9.17, 15) is 4.79 Å². The number of carbonyl (C=O) groups excluding carboxylic acids is 1. The largest absolute Gasteiger partial charge is 0.369 e. The van der Waals surface area contributed by atoms with Crippen LogP contribution in [0.5, 0.6) is 0 Å². The Morgan fingerprint density at radius 3 is 2.50 bits per heavy atom. The summed E-state index contributed by atoms with van der Waals surface area (Å²) in [6.07, 6.45) is 0.975. The van der Waals surface area contributed by atoms with Gasteiger partial charge in [-0.3, -0.25) is 4.79 Å². The smallest absolute Gasteiger partial charge is 0.283 e. The molecule has 1 aromatic carbocycles. The highest BCUT2D eigenvalue weighted by atomic mass is 32.2. The number of likely N-dealkylation sites (N-methyl/N-ethyl adjacent to an activating group) is 1. The molecule has 0 radical (unpaired) electrons. The molecule has 1 unspecified atom stereocenters.